The topological polar surface area (TPSA) is 78.9 Å². The lowest BCUT2D eigenvalue weighted by Crippen LogP contribution is -2.39. The third-order valence-corrected chi connectivity index (χ3v) is 3.48. The summed E-state index contributed by atoms with van der Waals surface area (Å²) in [7, 11) is -2.07. The Morgan fingerprint density at radius 3 is 2.27 bits per heavy atom. The Kier molecular flexibility index (Phi) is 6.37. The third kappa shape index (κ3) is 6.44. The second-order valence-corrected chi connectivity index (χ2v) is 7.02. The summed E-state index contributed by atoms with van der Waals surface area (Å²) in [6, 6.07) is 7.25. The minimum Gasteiger partial charge on any atom is -0.476 e. The predicted octanol–water partition coefficient (Wildman–Crippen LogP) is 1.93. The Balaban J connectivity index is 2.51. The van der Waals surface area contributed by atoms with Crippen LogP contribution in [-0.4, -0.2) is 40.0 Å². The van der Waals surface area contributed by atoms with E-state index in [1.165, 1.54) is 7.11 Å². The second-order valence-electron chi connectivity index (χ2n) is 5.38. The summed E-state index contributed by atoms with van der Waals surface area (Å²) in [6.07, 6.45) is 2.32. The molecule has 7 heteroatoms. The summed E-state index contributed by atoms with van der Waals surface area (Å²) in [5.74, 6) is 0.112. The van der Waals surface area contributed by atoms with E-state index in [4.69, 9.17) is 4.74 Å². The first kappa shape index (κ1) is 18.4. The molecular weight excluding hydrogens is 308 g/mol. The molecule has 0 N–H and O–H groups in total. The average molecular weight is 330 g/mol. The van der Waals surface area contributed by atoms with Crippen molar-refractivity contribution in [2.24, 2.45) is 0 Å². The molecule has 0 saturated heterocycles. The minimum atomic E-state index is -3.38. The van der Waals surface area contributed by atoms with Crippen molar-refractivity contribution < 1.29 is 26.9 Å². The predicted molar refractivity (Wildman–Crippen MR) is 82.3 cm³/mol. The molecular formula is C15H22O6S. The first-order valence-electron chi connectivity index (χ1n) is 6.85. The molecule has 0 aromatic heterocycles. The number of hydrogen-bond donors (Lipinski definition) is 0. The maximum atomic E-state index is 11.6. The number of rotatable bonds is 8. The molecule has 0 bridgehead atoms. The lowest BCUT2D eigenvalue weighted by molar-refractivity contribution is -0.156. The van der Waals surface area contributed by atoms with Crippen LogP contribution in [0.4, 0.5) is 0 Å². The van der Waals surface area contributed by atoms with Crippen LogP contribution in [0.25, 0.3) is 0 Å². The zero-order valence-corrected chi connectivity index (χ0v) is 14.1. The molecule has 0 aliphatic carbocycles. The molecule has 0 amide bonds. The average Bonchev–Trinajstić information content (AvgIpc) is 2.43. The van der Waals surface area contributed by atoms with Gasteiger partial charge in [0.25, 0.3) is 10.1 Å². The summed E-state index contributed by atoms with van der Waals surface area (Å²) >= 11 is 0. The van der Waals surface area contributed by atoms with Gasteiger partial charge in [-0.15, -0.1) is 0 Å². The maximum absolute atomic E-state index is 11.6. The second kappa shape index (κ2) is 7.60. The number of methoxy groups -OCH3 is 1. The van der Waals surface area contributed by atoms with E-state index in [2.05, 4.69) is 8.92 Å². The van der Waals surface area contributed by atoms with Crippen LogP contribution in [0.3, 0.4) is 0 Å². The van der Waals surface area contributed by atoms with Crippen LogP contribution in [0, 0.1) is 0 Å². The smallest absolute Gasteiger partial charge is 0.349 e. The fourth-order valence-electron chi connectivity index (χ4n) is 1.79. The van der Waals surface area contributed by atoms with Crippen LogP contribution >= 0.6 is 0 Å². The van der Waals surface area contributed by atoms with Crippen LogP contribution in [-0.2, 0) is 30.3 Å². The van der Waals surface area contributed by atoms with Gasteiger partial charge in [-0.1, -0.05) is 12.1 Å². The molecule has 6 nitrogen and oxygen atoms in total. The van der Waals surface area contributed by atoms with Gasteiger partial charge in [-0.2, -0.15) is 8.42 Å². The zero-order valence-electron chi connectivity index (χ0n) is 13.3. The first-order valence-corrected chi connectivity index (χ1v) is 8.66. The fourth-order valence-corrected chi connectivity index (χ4v) is 2.21. The summed E-state index contributed by atoms with van der Waals surface area (Å²) < 4.78 is 36.6. The molecule has 0 atom stereocenters. The van der Waals surface area contributed by atoms with Crippen molar-refractivity contribution in [3.8, 4) is 5.75 Å². The Morgan fingerprint density at radius 1 is 1.18 bits per heavy atom. The highest BCUT2D eigenvalue weighted by atomic mass is 32.2. The monoisotopic (exact) mass is 330 g/mol. The van der Waals surface area contributed by atoms with Gasteiger partial charge in [0.1, 0.15) is 5.75 Å². The summed E-state index contributed by atoms with van der Waals surface area (Å²) in [5, 5.41) is 0. The van der Waals surface area contributed by atoms with Crippen LogP contribution in [0.1, 0.15) is 25.8 Å². The number of ether oxygens (including phenoxy) is 2. The van der Waals surface area contributed by atoms with Gasteiger partial charge in [0.2, 0.25) is 0 Å². The molecule has 124 valence electrons. The van der Waals surface area contributed by atoms with E-state index in [1.807, 2.05) is 12.1 Å². The first-order chi connectivity index (χ1) is 10.1. The Morgan fingerprint density at radius 2 is 1.77 bits per heavy atom. The van der Waals surface area contributed by atoms with E-state index < -0.39 is 21.7 Å². The molecule has 0 spiro atoms. The van der Waals surface area contributed by atoms with Gasteiger partial charge in [0.15, 0.2) is 5.60 Å². The number of carbonyl (C=O) groups is 1. The highest BCUT2D eigenvalue weighted by molar-refractivity contribution is 7.85. The quantitative estimate of drug-likeness (QED) is 0.412. The van der Waals surface area contributed by atoms with Gasteiger partial charge < -0.3 is 9.47 Å². The molecule has 0 aliphatic rings. The van der Waals surface area contributed by atoms with Gasteiger partial charge in [0, 0.05) is 0 Å². The number of carbonyl (C=O) groups excluding carboxylic acids is 1. The van der Waals surface area contributed by atoms with Crippen molar-refractivity contribution in [1.82, 2.24) is 0 Å². The van der Waals surface area contributed by atoms with Crippen LogP contribution in [0.2, 0.25) is 0 Å². The largest absolute Gasteiger partial charge is 0.476 e. The van der Waals surface area contributed by atoms with Gasteiger partial charge in [-0.3, -0.25) is 4.18 Å². The normalized spacial score (nSPS) is 12.0. The van der Waals surface area contributed by atoms with Gasteiger partial charge >= 0.3 is 5.97 Å². The van der Waals surface area contributed by atoms with Crippen molar-refractivity contribution in [2.75, 3.05) is 20.0 Å². The standard InChI is InChI=1S/C15H22O6S/c1-15(2,14(16)19-3)21-13-9-7-12(8-10-13)6-5-11-20-22(4,17)18/h7-10H,5-6,11H2,1-4H3. The van der Waals surface area contributed by atoms with Crippen molar-refractivity contribution in [3.63, 3.8) is 0 Å². The molecule has 0 fully saturated rings. The molecule has 22 heavy (non-hydrogen) atoms. The van der Waals surface area contributed by atoms with Crippen LogP contribution < -0.4 is 4.74 Å². The molecule has 0 aliphatic heterocycles. The lowest BCUT2D eigenvalue weighted by atomic mass is 10.1. The third-order valence-electron chi connectivity index (χ3n) is 2.88. The van der Waals surface area contributed by atoms with Crippen molar-refractivity contribution in [1.29, 1.82) is 0 Å². The SMILES string of the molecule is COC(=O)C(C)(C)Oc1ccc(CCCOS(C)(=O)=O)cc1. The van der Waals surface area contributed by atoms with E-state index in [9.17, 15) is 13.2 Å². The number of esters is 1. The minimum absolute atomic E-state index is 0.159. The van der Waals surface area contributed by atoms with Gasteiger partial charge in [-0.25, -0.2) is 4.79 Å². The highest BCUT2D eigenvalue weighted by Crippen LogP contribution is 2.20. The summed E-state index contributed by atoms with van der Waals surface area (Å²) in [6.45, 7) is 3.43. The summed E-state index contributed by atoms with van der Waals surface area (Å²) in [5.41, 5.74) is -0.0279. The Bertz CT molecular complexity index is 589. The molecule has 1 aromatic rings. The molecule has 0 unspecified atom stereocenters. The zero-order chi connectivity index (χ0) is 16.8. The highest BCUT2D eigenvalue weighted by Gasteiger charge is 2.30. The molecule has 0 radical (unpaired) electrons. The van der Waals surface area contributed by atoms with Gasteiger partial charge in [0.05, 0.1) is 20.0 Å². The van der Waals surface area contributed by atoms with E-state index in [-0.39, 0.29) is 6.61 Å². The van der Waals surface area contributed by atoms with Crippen molar-refractivity contribution in [3.05, 3.63) is 29.8 Å². The van der Waals surface area contributed by atoms with Crippen LogP contribution in [0.15, 0.2) is 24.3 Å². The molecule has 0 saturated carbocycles. The van der Waals surface area contributed by atoms with Gasteiger partial charge in [-0.05, 0) is 44.4 Å². The summed E-state index contributed by atoms with van der Waals surface area (Å²) in [4.78, 5) is 11.6. The number of benzene rings is 1. The van der Waals surface area contributed by atoms with Crippen molar-refractivity contribution >= 4 is 16.1 Å². The Hall–Kier alpha value is -1.60. The molecule has 0 heterocycles. The van der Waals surface area contributed by atoms with E-state index in [0.29, 0.717) is 18.6 Å². The van der Waals surface area contributed by atoms with E-state index in [0.717, 1.165) is 11.8 Å². The maximum Gasteiger partial charge on any atom is 0.349 e. The molecule has 1 aromatic carbocycles. The van der Waals surface area contributed by atoms with E-state index >= 15 is 0 Å². The number of hydrogen-bond acceptors (Lipinski definition) is 6. The molecule has 1 rings (SSSR count). The number of aryl methyl sites for hydroxylation is 1. The van der Waals surface area contributed by atoms with Crippen molar-refractivity contribution in [2.45, 2.75) is 32.3 Å². The Labute approximate surface area is 131 Å². The lowest BCUT2D eigenvalue weighted by Gasteiger charge is -2.23. The van der Waals surface area contributed by atoms with E-state index in [1.54, 1.807) is 26.0 Å². The van der Waals surface area contributed by atoms with Crippen LogP contribution in [0.5, 0.6) is 5.75 Å². The fraction of sp³-hybridized carbons (Fsp3) is 0.533.